The first-order valence-corrected chi connectivity index (χ1v) is 7.76. The smallest absolute Gasteiger partial charge is 0.237 e. The summed E-state index contributed by atoms with van der Waals surface area (Å²) in [5.74, 6) is -0.140. The molecule has 1 amide bonds. The summed E-state index contributed by atoms with van der Waals surface area (Å²) < 4.78 is 1.92. The minimum Gasteiger partial charge on any atom is -0.325 e. The number of hydrogen-bond acceptors (Lipinski definition) is 5. The zero-order chi connectivity index (χ0) is 16.1. The summed E-state index contributed by atoms with van der Waals surface area (Å²) >= 11 is 1.35. The highest BCUT2D eigenvalue weighted by atomic mass is 32.2. The zero-order valence-electron chi connectivity index (χ0n) is 12.6. The fraction of sp³-hybridized carbons (Fsp3) is 0.333. The van der Waals surface area contributed by atoms with Crippen molar-refractivity contribution < 1.29 is 4.79 Å². The predicted molar refractivity (Wildman–Crippen MR) is 85.5 cm³/mol. The molecule has 0 aliphatic rings. The Hall–Kier alpha value is -2.33. The molecule has 0 fully saturated rings. The molecule has 0 aliphatic carbocycles. The number of thioether (sulfide) groups is 1. The minimum absolute atomic E-state index is 0.140. The molecule has 22 heavy (non-hydrogen) atoms. The van der Waals surface area contributed by atoms with Crippen LogP contribution in [-0.4, -0.2) is 25.9 Å². The molecule has 0 unspecified atom stereocenters. The molecular weight excluding hydrogens is 298 g/mol. The largest absolute Gasteiger partial charge is 0.325 e. The molecule has 2 aromatic rings. The van der Waals surface area contributed by atoms with E-state index in [0.717, 1.165) is 0 Å². The normalized spacial score (nSPS) is 12.0. The van der Waals surface area contributed by atoms with Crippen LogP contribution in [0.5, 0.6) is 0 Å². The van der Waals surface area contributed by atoms with Gasteiger partial charge >= 0.3 is 0 Å². The number of amides is 1. The van der Waals surface area contributed by atoms with Crippen LogP contribution in [0.15, 0.2) is 35.7 Å². The molecule has 1 atom stereocenters. The summed E-state index contributed by atoms with van der Waals surface area (Å²) in [6, 6.07) is 9.12. The fourth-order valence-corrected chi connectivity index (χ4v) is 2.75. The van der Waals surface area contributed by atoms with Gasteiger partial charge in [-0.05, 0) is 39.0 Å². The van der Waals surface area contributed by atoms with E-state index in [2.05, 4.69) is 15.5 Å². The SMILES string of the molecule is CC(C)n1cnnc1S[C@@H](C)C(=O)Nc1cccc(C#N)c1. The van der Waals surface area contributed by atoms with Gasteiger partial charge in [0.25, 0.3) is 0 Å². The van der Waals surface area contributed by atoms with Crippen LogP contribution >= 0.6 is 11.8 Å². The Bertz CT molecular complexity index is 704. The van der Waals surface area contributed by atoms with Crippen LogP contribution < -0.4 is 5.32 Å². The number of rotatable bonds is 5. The molecule has 1 N–H and O–H groups in total. The highest BCUT2D eigenvalue weighted by Crippen LogP contribution is 2.24. The molecule has 6 nitrogen and oxygen atoms in total. The van der Waals surface area contributed by atoms with Crippen LogP contribution in [0.1, 0.15) is 32.4 Å². The Morgan fingerprint density at radius 3 is 2.86 bits per heavy atom. The Labute approximate surface area is 133 Å². The second-order valence-corrected chi connectivity index (χ2v) is 6.36. The van der Waals surface area contributed by atoms with Gasteiger partial charge in [-0.3, -0.25) is 4.79 Å². The van der Waals surface area contributed by atoms with E-state index < -0.39 is 0 Å². The van der Waals surface area contributed by atoms with Crippen molar-refractivity contribution in [3.8, 4) is 6.07 Å². The lowest BCUT2D eigenvalue weighted by Gasteiger charge is -2.14. The van der Waals surface area contributed by atoms with Crippen LogP contribution in [0.25, 0.3) is 0 Å². The van der Waals surface area contributed by atoms with Crippen molar-refractivity contribution in [2.24, 2.45) is 0 Å². The van der Waals surface area contributed by atoms with Gasteiger partial charge in [0.1, 0.15) is 6.33 Å². The summed E-state index contributed by atoms with van der Waals surface area (Å²) in [7, 11) is 0. The summed E-state index contributed by atoms with van der Waals surface area (Å²) in [4.78, 5) is 12.2. The maximum absolute atomic E-state index is 12.2. The van der Waals surface area contributed by atoms with Crippen LogP contribution in [-0.2, 0) is 4.79 Å². The minimum atomic E-state index is -0.326. The van der Waals surface area contributed by atoms with Gasteiger partial charge in [0.05, 0.1) is 16.9 Å². The lowest BCUT2D eigenvalue weighted by molar-refractivity contribution is -0.115. The third-order valence-electron chi connectivity index (χ3n) is 3.01. The van der Waals surface area contributed by atoms with Crippen molar-refractivity contribution in [1.82, 2.24) is 14.8 Å². The number of carbonyl (C=O) groups excluding carboxylic acids is 1. The van der Waals surface area contributed by atoms with E-state index in [1.807, 2.05) is 31.4 Å². The molecule has 1 aromatic carbocycles. The van der Waals surface area contributed by atoms with E-state index in [4.69, 9.17) is 5.26 Å². The fourth-order valence-electron chi connectivity index (χ4n) is 1.79. The predicted octanol–water partition coefficient (Wildman–Crippen LogP) is 2.85. The van der Waals surface area contributed by atoms with Crippen molar-refractivity contribution in [2.45, 2.75) is 37.2 Å². The maximum Gasteiger partial charge on any atom is 0.237 e. The van der Waals surface area contributed by atoms with Gasteiger partial charge in [-0.1, -0.05) is 17.8 Å². The first-order chi connectivity index (χ1) is 10.5. The van der Waals surface area contributed by atoms with Crippen molar-refractivity contribution >= 4 is 23.4 Å². The van der Waals surface area contributed by atoms with E-state index >= 15 is 0 Å². The standard InChI is InChI=1S/C15H17N5OS/c1-10(2)20-9-17-19-15(20)22-11(3)14(21)18-13-6-4-5-12(7-13)8-16/h4-7,9-11H,1-3H3,(H,18,21)/t11-/m0/s1. The molecule has 1 aromatic heterocycles. The molecular formula is C15H17N5OS. The lowest BCUT2D eigenvalue weighted by atomic mass is 10.2. The summed E-state index contributed by atoms with van der Waals surface area (Å²) in [5.41, 5.74) is 1.12. The van der Waals surface area contributed by atoms with Crippen LogP contribution in [0.2, 0.25) is 0 Å². The number of anilines is 1. The Morgan fingerprint density at radius 1 is 1.41 bits per heavy atom. The van der Waals surface area contributed by atoms with Crippen LogP contribution in [0, 0.1) is 11.3 Å². The second kappa shape index (κ2) is 7.09. The van der Waals surface area contributed by atoms with Crippen LogP contribution in [0.4, 0.5) is 5.69 Å². The van der Waals surface area contributed by atoms with Crippen molar-refractivity contribution in [2.75, 3.05) is 5.32 Å². The Balaban J connectivity index is 2.03. The zero-order valence-corrected chi connectivity index (χ0v) is 13.5. The number of hydrogen-bond donors (Lipinski definition) is 1. The van der Waals surface area contributed by atoms with E-state index in [1.54, 1.807) is 30.6 Å². The Kier molecular flexibility index (Phi) is 5.17. The molecule has 1 heterocycles. The number of carbonyl (C=O) groups is 1. The van der Waals surface area contributed by atoms with Crippen molar-refractivity contribution in [3.05, 3.63) is 36.2 Å². The molecule has 0 aliphatic heterocycles. The van der Waals surface area contributed by atoms with Gasteiger partial charge in [0, 0.05) is 11.7 Å². The molecule has 7 heteroatoms. The molecule has 0 saturated heterocycles. The number of benzene rings is 1. The van der Waals surface area contributed by atoms with E-state index in [0.29, 0.717) is 16.4 Å². The van der Waals surface area contributed by atoms with Gasteiger partial charge in [0.15, 0.2) is 5.16 Å². The molecule has 0 spiro atoms. The number of nitriles is 1. The number of nitrogens with zero attached hydrogens (tertiary/aromatic N) is 4. The van der Waals surface area contributed by atoms with Crippen molar-refractivity contribution in [1.29, 1.82) is 5.26 Å². The highest BCUT2D eigenvalue weighted by Gasteiger charge is 2.18. The molecule has 0 bridgehead atoms. The quantitative estimate of drug-likeness (QED) is 0.858. The molecule has 2 rings (SSSR count). The second-order valence-electron chi connectivity index (χ2n) is 5.06. The van der Waals surface area contributed by atoms with E-state index in [9.17, 15) is 4.79 Å². The third kappa shape index (κ3) is 3.86. The van der Waals surface area contributed by atoms with E-state index in [1.165, 1.54) is 11.8 Å². The van der Waals surface area contributed by atoms with Crippen molar-refractivity contribution in [3.63, 3.8) is 0 Å². The first kappa shape index (κ1) is 16.0. The average Bonchev–Trinajstić information content (AvgIpc) is 2.95. The number of aromatic nitrogens is 3. The summed E-state index contributed by atoms with van der Waals surface area (Å²) in [6.07, 6.45) is 1.66. The van der Waals surface area contributed by atoms with E-state index in [-0.39, 0.29) is 17.2 Å². The molecule has 0 saturated carbocycles. The average molecular weight is 315 g/mol. The van der Waals surface area contributed by atoms with Crippen LogP contribution in [0.3, 0.4) is 0 Å². The molecule has 0 radical (unpaired) electrons. The van der Waals surface area contributed by atoms with Gasteiger partial charge in [-0.2, -0.15) is 5.26 Å². The highest BCUT2D eigenvalue weighted by molar-refractivity contribution is 8.00. The topological polar surface area (TPSA) is 83.6 Å². The van der Waals surface area contributed by atoms with Gasteiger partial charge < -0.3 is 9.88 Å². The lowest BCUT2D eigenvalue weighted by Crippen LogP contribution is -2.23. The molecule has 114 valence electrons. The van der Waals surface area contributed by atoms with Gasteiger partial charge in [-0.25, -0.2) is 0 Å². The Morgan fingerprint density at radius 2 is 2.18 bits per heavy atom. The monoisotopic (exact) mass is 315 g/mol. The van der Waals surface area contributed by atoms with Gasteiger partial charge in [-0.15, -0.1) is 10.2 Å². The number of nitrogens with one attached hydrogen (secondary N) is 1. The summed E-state index contributed by atoms with van der Waals surface area (Å²) in [5, 5.41) is 20.0. The van der Waals surface area contributed by atoms with Gasteiger partial charge in [0.2, 0.25) is 5.91 Å². The third-order valence-corrected chi connectivity index (χ3v) is 4.08. The summed E-state index contributed by atoms with van der Waals surface area (Å²) in [6.45, 7) is 5.88. The first-order valence-electron chi connectivity index (χ1n) is 6.88. The maximum atomic E-state index is 12.2.